The molecule has 0 spiro atoms. The molecule has 6 heteroatoms. The molecule has 2 aromatic rings. The van der Waals surface area contributed by atoms with E-state index in [1.165, 1.54) is 12.1 Å². The normalized spacial score (nSPS) is 19.5. The average Bonchev–Trinajstić information content (AvgIpc) is 3.05. The molecule has 27 heavy (non-hydrogen) atoms. The number of nitrogens with zero attached hydrogens (tertiary/aromatic N) is 4. The summed E-state index contributed by atoms with van der Waals surface area (Å²) in [6.07, 6.45) is 4.62. The highest BCUT2D eigenvalue weighted by molar-refractivity contribution is 5.31. The molecular formula is C21H31FN4O. The summed E-state index contributed by atoms with van der Waals surface area (Å²) in [5, 5.41) is 13.9. The summed E-state index contributed by atoms with van der Waals surface area (Å²) in [4.78, 5) is 4.94. The Balaban J connectivity index is 1.63. The number of piperazine rings is 1. The molecule has 1 fully saturated rings. The zero-order chi connectivity index (χ0) is 19.4. The van der Waals surface area contributed by atoms with Crippen LogP contribution in [0.15, 0.2) is 36.7 Å². The Morgan fingerprint density at radius 3 is 2.78 bits per heavy atom. The minimum absolute atomic E-state index is 0.219. The lowest BCUT2D eigenvalue weighted by atomic mass is 9.94. The van der Waals surface area contributed by atoms with Gasteiger partial charge in [0, 0.05) is 57.1 Å². The highest BCUT2D eigenvalue weighted by Gasteiger charge is 2.29. The van der Waals surface area contributed by atoms with Gasteiger partial charge in [0.25, 0.3) is 0 Å². The van der Waals surface area contributed by atoms with Gasteiger partial charge in [-0.05, 0) is 30.0 Å². The summed E-state index contributed by atoms with van der Waals surface area (Å²) in [7, 11) is 0. The zero-order valence-electron chi connectivity index (χ0n) is 16.6. The van der Waals surface area contributed by atoms with Crippen molar-refractivity contribution in [2.75, 3.05) is 32.8 Å². The van der Waals surface area contributed by atoms with E-state index >= 15 is 0 Å². The molecule has 0 radical (unpaired) electrons. The number of hydrogen-bond donors (Lipinski definition) is 1. The zero-order valence-corrected chi connectivity index (χ0v) is 16.6. The van der Waals surface area contributed by atoms with Crippen LogP contribution in [0.1, 0.15) is 32.8 Å². The van der Waals surface area contributed by atoms with Crippen LogP contribution >= 0.6 is 0 Å². The smallest absolute Gasteiger partial charge is 0.125 e. The molecule has 0 bridgehead atoms. The standard InChI is InChI=1S/C21H31FN4O/c1-21(2,3)16-25-9-8-24(15-20(25)7-10-27)13-17-12-23-26(14-17)19-6-4-5-18(22)11-19/h4-6,11-12,14,20,27H,7-10,13,15-16H2,1-3H3. The van der Waals surface area contributed by atoms with Gasteiger partial charge in [0.15, 0.2) is 0 Å². The molecule has 1 aromatic carbocycles. The molecule has 1 unspecified atom stereocenters. The Kier molecular flexibility index (Phi) is 6.29. The molecule has 5 nitrogen and oxygen atoms in total. The molecule has 2 heterocycles. The van der Waals surface area contributed by atoms with Gasteiger partial charge < -0.3 is 5.11 Å². The van der Waals surface area contributed by atoms with Crippen LogP contribution < -0.4 is 0 Å². The van der Waals surface area contributed by atoms with Crippen LogP contribution in [0.25, 0.3) is 5.69 Å². The van der Waals surface area contributed by atoms with Gasteiger partial charge >= 0.3 is 0 Å². The third-order valence-electron chi connectivity index (χ3n) is 4.94. The van der Waals surface area contributed by atoms with E-state index in [0.717, 1.165) is 50.4 Å². The van der Waals surface area contributed by atoms with E-state index in [1.54, 1.807) is 10.7 Å². The van der Waals surface area contributed by atoms with Crippen LogP contribution in [0.5, 0.6) is 0 Å². The van der Waals surface area contributed by atoms with Crippen LogP contribution in [-0.2, 0) is 6.54 Å². The number of aliphatic hydroxyl groups excluding tert-OH is 1. The summed E-state index contributed by atoms with van der Waals surface area (Å²) in [6.45, 7) is 11.8. The molecule has 0 amide bonds. The lowest BCUT2D eigenvalue weighted by molar-refractivity contribution is 0.0340. The van der Waals surface area contributed by atoms with Crippen molar-refractivity contribution in [3.63, 3.8) is 0 Å². The maximum absolute atomic E-state index is 13.4. The number of halogens is 1. The van der Waals surface area contributed by atoms with Gasteiger partial charge in [-0.15, -0.1) is 0 Å². The highest BCUT2D eigenvalue weighted by atomic mass is 19.1. The molecule has 1 saturated heterocycles. The van der Waals surface area contributed by atoms with Gasteiger partial charge in [-0.3, -0.25) is 9.80 Å². The fourth-order valence-corrected chi connectivity index (χ4v) is 3.80. The van der Waals surface area contributed by atoms with E-state index in [-0.39, 0.29) is 17.8 Å². The van der Waals surface area contributed by atoms with E-state index in [1.807, 2.05) is 18.5 Å². The van der Waals surface area contributed by atoms with Crippen molar-refractivity contribution in [3.8, 4) is 5.69 Å². The first-order valence-electron chi connectivity index (χ1n) is 9.71. The van der Waals surface area contributed by atoms with Gasteiger partial charge in [-0.1, -0.05) is 26.8 Å². The number of rotatable bonds is 6. The molecule has 1 N–H and O–H groups in total. The average molecular weight is 375 g/mol. The second kappa shape index (κ2) is 8.50. The van der Waals surface area contributed by atoms with Crippen LogP contribution in [0.2, 0.25) is 0 Å². The van der Waals surface area contributed by atoms with Gasteiger partial charge in [-0.2, -0.15) is 5.10 Å². The second-order valence-electron chi connectivity index (χ2n) is 8.71. The summed E-state index contributed by atoms with van der Waals surface area (Å²) < 4.78 is 15.1. The van der Waals surface area contributed by atoms with Gasteiger partial charge in [0.2, 0.25) is 0 Å². The summed E-state index contributed by atoms with van der Waals surface area (Å²) in [5.74, 6) is -0.258. The minimum atomic E-state index is -0.258. The molecule has 0 aliphatic carbocycles. The first-order chi connectivity index (χ1) is 12.8. The predicted octanol–water partition coefficient (Wildman–Crippen LogP) is 2.93. The summed E-state index contributed by atoms with van der Waals surface area (Å²) in [5.41, 5.74) is 2.10. The first-order valence-corrected chi connectivity index (χ1v) is 9.71. The first kappa shape index (κ1) is 20.0. The quantitative estimate of drug-likeness (QED) is 0.844. The van der Waals surface area contributed by atoms with E-state index in [2.05, 4.69) is 35.7 Å². The Morgan fingerprint density at radius 1 is 1.26 bits per heavy atom. The maximum atomic E-state index is 13.4. The molecule has 1 aliphatic rings. The Bertz CT molecular complexity index is 740. The Morgan fingerprint density at radius 2 is 2.07 bits per heavy atom. The van der Waals surface area contributed by atoms with Crippen molar-refractivity contribution >= 4 is 0 Å². The third kappa shape index (κ3) is 5.61. The lowest BCUT2D eigenvalue weighted by Crippen LogP contribution is -2.54. The maximum Gasteiger partial charge on any atom is 0.125 e. The van der Waals surface area contributed by atoms with E-state index in [9.17, 15) is 9.50 Å². The van der Waals surface area contributed by atoms with Gasteiger partial charge in [-0.25, -0.2) is 9.07 Å². The van der Waals surface area contributed by atoms with Crippen LogP contribution in [-0.4, -0.2) is 63.5 Å². The van der Waals surface area contributed by atoms with Crippen molar-refractivity contribution in [2.45, 2.75) is 39.8 Å². The summed E-state index contributed by atoms with van der Waals surface area (Å²) in [6, 6.07) is 6.84. The molecule has 0 saturated carbocycles. The summed E-state index contributed by atoms with van der Waals surface area (Å²) >= 11 is 0. The fourth-order valence-electron chi connectivity index (χ4n) is 3.80. The number of benzene rings is 1. The minimum Gasteiger partial charge on any atom is -0.396 e. The van der Waals surface area contributed by atoms with Crippen molar-refractivity contribution < 1.29 is 9.50 Å². The molecular weight excluding hydrogens is 343 g/mol. The van der Waals surface area contributed by atoms with Gasteiger partial charge in [0.05, 0.1) is 11.9 Å². The predicted molar refractivity (Wildman–Crippen MR) is 105 cm³/mol. The largest absolute Gasteiger partial charge is 0.396 e. The SMILES string of the molecule is CC(C)(C)CN1CCN(Cc2cnn(-c3cccc(F)c3)c2)CC1CCO. The highest BCUT2D eigenvalue weighted by Crippen LogP contribution is 2.22. The fraction of sp³-hybridized carbons (Fsp3) is 0.571. The molecule has 1 aromatic heterocycles. The van der Waals surface area contributed by atoms with E-state index in [0.29, 0.717) is 6.04 Å². The number of aliphatic hydroxyl groups is 1. The topological polar surface area (TPSA) is 44.5 Å². The van der Waals surface area contributed by atoms with Crippen LogP contribution in [0.4, 0.5) is 4.39 Å². The molecule has 3 rings (SSSR count). The molecule has 148 valence electrons. The van der Waals surface area contributed by atoms with Crippen LogP contribution in [0, 0.1) is 11.2 Å². The molecule has 1 aliphatic heterocycles. The van der Waals surface area contributed by atoms with Crippen molar-refractivity contribution in [1.82, 2.24) is 19.6 Å². The Labute approximate surface area is 161 Å². The van der Waals surface area contributed by atoms with Gasteiger partial charge in [0.1, 0.15) is 5.82 Å². The van der Waals surface area contributed by atoms with E-state index < -0.39 is 0 Å². The monoisotopic (exact) mass is 374 g/mol. The Hall–Kier alpha value is -1.76. The van der Waals surface area contributed by atoms with Crippen molar-refractivity contribution in [1.29, 1.82) is 0 Å². The number of hydrogen-bond acceptors (Lipinski definition) is 4. The third-order valence-corrected chi connectivity index (χ3v) is 4.94. The second-order valence-corrected chi connectivity index (χ2v) is 8.71. The van der Waals surface area contributed by atoms with Crippen molar-refractivity contribution in [2.24, 2.45) is 5.41 Å². The van der Waals surface area contributed by atoms with Crippen LogP contribution in [0.3, 0.4) is 0 Å². The lowest BCUT2D eigenvalue weighted by Gasteiger charge is -2.43. The van der Waals surface area contributed by atoms with E-state index in [4.69, 9.17) is 0 Å². The van der Waals surface area contributed by atoms with Crippen molar-refractivity contribution in [3.05, 3.63) is 48.0 Å². The number of aromatic nitrogens is 2. The molecule has 1 atom stereocenters.